The number of pyridine rings is 1. The van der Waals surface area contributed by atoms with Crippen LogP contribution in [0.5, 0.6) is 0 Å². The summed E-state index contributed by atoms with van der Waals surface area (Å²) in [6.45, 7) is 5.04. The summed E-state index contributed by atoms with van der Waals surface area (Å²) in [6, 6.07) is 3.62. The van der Waals surface area contributed by atoms with Gasteiger partial charge < -0.3 is 9.88 Å². The van der Waals surface area contributed by atoms with Crippen molar-refractivity contribution in [3.63, 3.8) is 0 Å². The molecule has 0 radical (unpaired) electrons. The zero-order valence-electron chi connectivity index (χ0n) is 15.6. The van der Waals surface area contributed by atoms with Gasteiger partial charge in [0.2, 0.25) is 5.91 Å². The number of rotatable bonds is 4. The van der Waals surface area contributed by atoms with E-state index in [0.29, 0.717) is 36.6 Å². The van der Waals surface area contributed by atoms with Gasteiger partial charge in [-0.3, -0.25) is 19.5 Å². The highest BCUT2D eigenvalue weighted by Crippen LogP contribution is 2.21. The monoisotopic (exact) mass is 367 g/mol. The van der Waals surface area contributed by atoms with Crippen molar-refractivity contribution in [3.05, 3.63) is 46.1 Å². The lowest BCUT2D eigenvalue weighted by Gasteiger charge is -2.34. The van der Waals surface area contributed by atoms with Crippen molar-refractivity contribution in [2.75, 3.05) is 19.6 Å². The summed E-state index contributed by atoms with van der Waals surface area (Å²) >= 11 is 0. The van der Waals surface area contributed by atoms with E-state index >= 15 is 0 Å². The van der Waals surface area contributed by atoms with Crippen LogP contribution in [0.4, 0.5) is 0 Å². The molecule has 4 rings (SSSR count). The van der Waals surface area contributed by atoms with E-state index in [1.54, 1.807) is 12.4 Å². The second kappa shape index (κ2) is 7.60. The predicted molar refractivity (Wildman–Crippen MR) is 102 cm³/mol. The smallest absolute Gasteiger partial charge is 0.254 e. The van der Waals surface area contributed by atoms with Crippen LogP contribution in [0.1, 0.15) is 37.4 Å². The molecule has 7 heteroatoms. The molecule has 0 spiro atoms. The number of carbonyl (C=O) groups is 1. The van der Waals surface area contributed by atoms with E-state index in [2.05, 4.69) is 26.8 Å². The molecule has 2 aliphatic heterocycles. The minimum absolute atomic E-state index is 0.0613. The summed E-state index contributed by atoms with van der Waals surface area (Å²) in [6.07, 6.45) is 7.05. The highest BCUT2D eigenvalue weighted by molar-refractivity contribution is 5.82. The van der Waals surface area contributed by atoms with Crippen LogP contribution in [0.2, 0.25) is 0 Å². The Morgan fingerprint density at radius 3 is 2.81 bits per heavy atom. The number of aromatic amines is 1. The minimum atomic E-state index is -0.113. The molecular weight excluding hydrogens is 342 g/mol. The van der Waals surface area contributed by atoms with Gasteiger partial charge in [0.1, 0.15) is 5.82 Å². The van der Waals surface area contributed by atoms with Gasteiger partial charge in [-0.1, -0.05) is 6.92 Å². The largest absolute Gasteiger partial charge is 0.335 e. The predicted octanol–water partition coefficient (Wildman–Crippen LogP) is 1.59. The summed E-state index contributed by atoms with van der Waals surface area (Å²) in [5.41, 5.74) is 2.05. The fourth-order valence-corrected chi connectivity index (χ4v) is 4.12. The molecule has 142 valence electrons. The number of nitrogens with one attached hydrogen (secondary N) is 1. The lowest BCUT2D eigenvalue weighted by Crippen LogP contribution is -2.49. The molecule has 2 aromatic heterocycles. The number of carbonyl (C=O) groups excluding carboxylic acids is 1. The molecule has 0 aromatic carbocycles. The second-order valence-electron chi connectivity index (χ2n) is 7.26. The van der Waals surface area contributed by atoms with E-state index in [-0.39, 0.29) is 17.5 Å². The number of fused-ring (bicyclic) bond motifs is 1. The van der Waals surface area contributed by atoms with E-state index in [9.17, 15) is 9.59 Å². The second-order valence-corrected chi connectivity index (χ2v) is 7.26. The van der Waals surface area contributed by atoms with Crippen LogP contribution in [0.3, 0.4) is 0 Å². The van der Waals surface area contributed by atoms with Crippen LogP contribution in [0.15, 0.2) is 29.3 Å². The average molecular weight is 367 g/mol. The molecule has 2 aliphatic rings. The van der Waals surface area contributed by atoms with Crippen LogP contribution in [-0.2, 0) is 17.8 Å². The van der Waals surface area contributed by atoms with Crippen LogP contribution < -0.4 is 5.56 Å². The van der Waals surface area contributed by atoms with Crippen LogP contribution in [0.25, 0.3) is 11.4 Å². The summed E-state index contributed by atoms with van der Waals surface area (Å²) < 4.78 is 0. The number of amides is 1. The highest BCUT2D eigenvalue weighted by Gasteiger charge is 2.32. The van der Waals surface area contributed by atoms with Crippen molar-refractivity contribution in [1.29, 1.82) is 0 Å². The Bertz CT molecular complexity index is 874. The van der Waals surface area contributed by atoms with E-state index in [4.69, 9.17) is 0 Å². The molecule has 1 amide bonds. The van der Waals surface area contributed by atoms with E-state index in [0.717, 1.165) is 37.9 Å². The first-order chi connectivity index (χ1) is 13.2. The lowest BCUT2D eigenvalue weighted by atomic mass is 10.0. The van der Waals surface area contributed by atoms with Crippen molar-refractivity contribution < 1.29 is 4.79 Å². The van der Waals surface area contributed by atoms with Crippen molar-refractivity contribution >= 4 is 5.91 Å². The maximum Gasteiger partial charge on any atom is 0.254 e. The van der Waals surface area contributed by atoms with Gasteiger partial charge in [-0.15, -0.1) is 0 Å². The number of nitrogens with zero attached hydrogens (tertiary/aromatic N) is 4. The fourth-order valence-electron chi connectivity index (χ4n) is 4.12. The van der Waals surface area contributed by atoms with Crippen molar-refractivity contribution in [2.24, 2.45) is 0 Å². The Balaban J connectivity index is 1.59. The van der Waals surface area contributed by atoms with Gasteiger partial charge in [0.05, 0.1) is 18.3 Å². The first-order valence-corrected chi connectivity index (χ1v) is 9.72. The molecular formula is C20H25N5O2. The van der Waals surface area contributed by atoms with Crippen LogP contribution in [-0.4, -0.2) is 56.3 Å². The normalized spacial score (nSPS) is 18.3. The van der Waals surface area contributed by atoms with E-state index in [1.807, 2.05) is 17.0 Å². The number of hydrogen-bond acceptors (Lipinski definition) is 5. The van der Waals surface area contributed by atoms with Gasteiger partial charge >= 0.3 is 0 Å². The molecule has 7 nitrogen and oxygen atoms in total. The summed E-state index contributed by atoms with van der Waals surface area (Å²) in [5.74, 6) is 0.669. The Labute approximate surface area is 158 Å². The Hall–Kier alpha value is -2.54. The van der Waals surface area contributed by atoms with Gasteiger partial charge in [0, 0.05) is 30.1 Å². The first-order valence-electron chi connectivity index (χ1n) is 9.72. The SMILES string of the molecule is CC[C@@H](C(=O)N1CCc2c(nc(-c3cccnc3)[nH]c2=O)C1)N1CCCC1. The van der Waals surface area contributed by atoms with Crippen molar-refractivity contribution in [3.8, 4) is 11.4 Å². The van der Waals surface area contributed by atoms with Crippen molar-refractivity contribution in [1.82, 2.24) is 24.8 Å². The standard InChI is InChI=1S/C20H25N5O2/c1-2-17(24-9-3-4-10-24)20(27)25-11-7-15-16(13-25)22-18(23-19(15)26)14-6-5-8-21-12-14/h5-6,8,12,17H,2-4,7,9-11,13H2,1H3,(H,22,23,26)/t17-/m0/s1. The molecule has 0 saturated carbocycles. The van der Waals surface area contributed by atoms with E-state index < -0.39 is 0 Å². The summed E-state index contributed by atoms with van der Waals surface area (Å²) in [7, 11) is 0. The third-order valence-electron chi connectivity index (χ3n) is 5.57. The number of hydrogen-bond donors (Lipinski definition) is 1. The van der Waals surface area contributed by atoms with Gasteiger partial charge in [0.15, 0.2) is 0 Å². The number of likely N-dealkylation sites (tertiary alicyclic amines) is 1. The quantitative estimate of drug-likeness (QED) is 0.887. The molecule has 4 heterocycles. The zero-order chi connectivity index (χ0) is 18.8. The lowest BCUT2D eigenvalue weighted by molar-refractivity contribution is -0.137. The first kappa shape index (κ1) is 17.9. The molecule has 1 fully saturated rings. The van der Waals surface area contributed by atoms with Gasteiger partial charge in [0.25, 0.3) is 5.56 Å². The third kappa shape index (κ3) is 3.51. The van der Waals surface area contributed by atoms with E-state index in [1.165, 1.54) is 0 Å². The van der Waals surface area contributed by atoms with Crippen LogP contribution in [0, 0.1) is 0 Å². The zero-order valence-corrected chi connectivity index (χ0v) is 15.6. The van der Waals surface area contributed by atoms with Gasteiger partial charge in [-0.2, -0.15) is 0 Å². The van der Waals surface area contributed by atoms with Crippen molar-refractivity contribution in [2.45, 2.75) is 45.2 Å². The third-order valence-corrected chi connectivity index (χ3v) is 5.57. The Morgan fingerprint density at radius 1 is 1.30 bits per heavy atom. The topological polar surface area (TPSA) is 82.2 Å². The molecule has 0 bridgehead atoms. The molecule has 1 atom stereocenters. The Morgan fingerprint density at radius 2 is 2.11 bits per heavy atom. The highest BCUT2D eigenvalue weighted by atomic mass is 16.2. The average Bonchev–Trinajstić information content (AvgIpc) is 3.23. The molecule has 2 aromatic rings. The maximum absolute atomic E-state index is 13.1. The molecule has 0 aliphatic carbocycles. The molecule has 27 heavy (non-hydrogen) atoms. The number of H-pyrrole nitrogens is 1. The number of aromatic nitrogens is 3. The summed E-state index contributed by atoms with van der Waals surface area (Å²) in [5, 5.41) is 0. The molecule has 1 N–H and O–H groups in total. The molecule has 1 saturated heterocycles. The van der Waals surface area contributed by atoms with Crippen LogP contribution >= 0.6 is 0 Å². The fraction of sp³-hybridized carbons (Fsp3) is 0.500. The molecule has 0 unspecified atom stereocenters. The minimum Gasteiger partial charge on any atom is -0.335 e. The van der Waals surface area contributed by atoms with Gasteiger partial charge in [-0.05, 0) is 50.9 Å². The van der Waals surface area contributed by atoms with Gasteiger partial charge in [-0.25, -0.2) is 4.98 Å². The Kier molecular flexibility index (Phi) is 5.03. The summed E-state index contributed by atoms with van der Waals surface area (Å²) in [4.78, 5) is 41.4. The maximum atomic E-state index is 13.1.